The second-order valence-electron chi connectivity index (χ2n) is 5.70. The van der Waals surface area contributed by atoms with Gasteiger partial charge in [0.15, 0.2) is 0 Å². The lowest BCUT2D eigenvalue weighted by atomic mass is 10.1. The van der Waals surface area contributed by atoms with Crippen molar-refractivity contribution in [2.75, 3.05) is 32.1 Å². The zero-order chi connectivity index (χ0) is 15.2. The van der Waals surface area contributed by atoms with Gasteiger partial charge in [-0.1, -0.05) is 11.6 Å². The molecule has 5 heteroatoms. The van der Waals surface area contributed by atoms with Crippen LogP contribution in [0.5, 0.6) is 0 Å². The van der Waals surface area contributed by atoms with E-state index < -0.39 is 0 Å². The largest absolute Gasteiger partial charge is 0.383 e. The lowest BCUT2D eigenvalue weighted by Gasteiger charge is -2.29. The molecule has 0 radical (unpaired) electrons. The Labute approximate surface area is 132 Å². The molecule has 0 saturated heterocycles. The fourth-order valence-electron chi connectivity index (χ4n) is 2.58. The van der Waals surface area contributed by atoms with Gasteiger partial charge in [0.05, 0.1) is 17.3 Å². The van der Waals surface area contributed by atoms with Gasteiger partial charge in [0, 0.05) is 32.8 Å². The molecule has 0 aliphatic heterocycles. The van der Waals surface area contributed by atoms with Crippen LogP contribution in [0, 0.1) is 5.92 Å². The molecule has 0 bridgehead atoms. The van der Waals surface area contributed by atoms with Gasteiger partial charge in [-0.2, -0.15) is 0 Å². The van der Waals surface area contributed by atoms with Crippen molar-refractivity contribution in [3.63, 3.8) is 0 Å². The van der Waals surface area contributed by atoms with Crippen molar-refractivity contribution in [2.24, 2.45) is 5.92 Å². The SMILES string of the molecule is CCNc1ccc(Cl)c(CN(CCOC)C(C)C2CC2)n1. The molecule has 1 fully saturated rings. The van der Waals surface area contributed by atoms with E-state index in [9.17, 15) is 0 Å². The fraction of sp³-hybridized carbons (Fsp3) is 0.688. The van der Waals surface area contributed by atoms with Gasteiger partial charge in [-0.3, -0.25) is 4.90 Å². The minimum atomic E-state index is 0.556. The highest BCUT2D eigenvalue weighted by Crippen LogP contribution is 2.35. The number of ether oxygens (including phenoxy) is 1. The van der Waals surface area contributed by atoms with E-state index in [2.05, 4.69) is 29.0 Å². The fourth-order valence-corrected chi connectivity index (χ4v) is 2.74. The van der Waals surface area contributed by atoms with E-state index in [1.54, 1.807) is 7.11 Å². The van der Waals surface area contributed by atoms with Crippen molar-refractivity contribution in [1.29, 1.82) is 0 Å². The third-order valence-electron chi connectivity index (χ3n) is 4.09. The van der Waals surface area contributed by atoms with E-state index in [4.69, 9.17) is 16.3 Å². The Balaban J connectivity index is 2.08. The number of pyridine rings is 1. The minimum absolute atomic E-state index is 0.556. The lowest BCUT2D eigenvalue weighted by Crippen LogP contribution is -2.37. The van der Waals surface area contributed by atoms with Gasteiger partial charge < -0.3 is 10.1 Å². The number of methoxy groups -OCH3 is 1. The Morgan fingerprint density at radius 2 is 2.24 bits per heavy atom. The summed E-state index contributed by atoms with van der Waals surface area (Å²) in [5.41, 5.74) is 0.943. The summed E-state index contributed by atoms with van der Waals surface area (Å²) >= 11 is 6.33. The summed E-state index contributed by atoms with van der Waals surface area (Å²) in [6.45, 7) is 7.66. The normalized spacial score (nSPS) is 16.2. The van der Waals surface area contributed by atoms with E-state index >= 15 is 0 Å². The predicted octanol–water partition coefficient (Wildman–Crippen LogP) is 3.41. The maximum absolute atomic E-state index is 6.33. The summed E-state index contributed by atoms with van der Waals surface area (Å²) in [5.74, 6) is 1.71. The first-order valence-corrected chi connectivity index (χ1v) is 8.15. The Bertz CT molecular complexity index is 451. The number of halogens is 1. The van der Waals surface area contributed by atoms with Crippen molar-refractivity contribution in [3.8, 4) is 0 Å². The minimum Gasteiger partial charge on any atom is -0.383 e. The van der Waals surface area contributed by atoms with Crippen LogP contribution >= 0.6 is 11.6 Å². The van der Waals surface area contributed by atoms with Crippen molar-refractivity contribution in [1.82, 2.24) is 9.88 Å². The molecule has 1 saturated carbocycles. The van der Waals surface area contributed by atoms with E-state index in [-0.39, 0.29) is 0 Å². The van der Waals surface area contributed by atoms with Crippen molar-refractivity contribution < 1.29 is 4.74 Å². The van der Waals surface area contributed by atoms with Crippen LogP contribution in [0.3, 0.4) is 0 Å². The first-order valence-electron chi connectivity index (χ1n) is 7.78. The molecule has 0 amide bonds. The summed E-state index contributed by atoms with van der Waals surface area (Å²) in [6, 6.07) is 4.41. The van der Waals surface area contributed by atoms with Crippen LogP contribution in [0.25, 0.3) is 0 Å². The van der Waals surface area contributed by atoms with Gasteiger partial charge in [-0.05, 0) is 44.7 Å². The standard InChI is InChI=1S/C16H26ClN3O/c1-4-18-16-8-7-14(17)15(19-16)11-20(9-10-21-3)12(2)13-5-6-13/h7-8,12-13H,4-6,9-11H2,1-3H3,(H,18,19). The van der Waals surface area contributed by atoms with Gasteiger partial charge in [0.1, 0.15) is 5.82 Å². The summed E-state index contributed by atoms with van der Waals surface area (Å²) < 4.78 is 5.25. The van der Waals surface area contributed by atoms with Gasteiger partial charge >= 0.3 is 0 Å². The number of rotatable bonds is 9. The number of nitrogens with zero attached hydrogens (tertiary/aromatic N) is 2. The molecular formula is C16H26ClN3O. The quantitative estimate of drug-likeness (QED) is 0.758. The zero-order valence-electron chi connectivity index (χ0n) is 13.2. The smallest absolute Gasteiger partial charge is 0.126 e. The maximum atomic E-state index is 6.33. The average molecular weight is 312 g/mol. The molecule has 1 N–H and O–H groups in total. The van der Waals surface area contributed by atoms with Crippen LogP contribution in [-0.4, -0.2) is 42.7 Å². The molecular weight excluding hydrogens is 286 g/mol. The molecule has 2 rings (SSSR count). The summed E-state index contributed by atoms with van der Waals surface area (Å²) in [6.07, 6.45) is 2.67. The second-order valence-corrected chi connectivity index (χ2v) is 6.10. The molecule has 21 heavy (non-hydrogen) atoms. The number of hydrogen-bond acceptors (Lipinski definition) is 4. The van der Waals surface area contributed by atoms with Crippen molar-refractivity contribution in [2.45, 2.75) is 39.3 Å². The number of anilines is 1. The Morgan fingerprint density at radius 3 is 2.86 bits per heavy atom. The van der Waals surface area contributed by atoms with Crippen LogP contribution in [-0.2, 0) is 11.3 Å². The molecule has 118 valence electrons. The summed E-state index contributed by atoms with van der Waals surface area (Å²) in [7, 11) is 1.75. The van der Waals surface area contributed by atoms with Gasteiger partial charge in [0.2, 0.25) is 0 Å². The molecule has 1 aromatic heterocycles. The lowest BCUT2D eigenvalue weighted by molar-refractivity contribution is 0.111. The highest BCUT2D eigenvalue weighted by molar-refractivity contribution is 6.31. The molecule has 1 aliphatic carbocycles. The first kappa shape index (κ1) is 16.5. The number of hydrogen-bond donors (Lipinski definition) is 1. The monoisotopic (exact) mass is 311 g/mol. The Morgan fingerprint density at radius 1 is 1.48 bits per heavy atom. The first-order chi connectivity index (χ1) is 10.2. The third kappa shape index (κ3) is 4.83. The number of nitrogens with one attached hydrogen (secondary N) is 1. The van der Waals surface area contributed by atoms with Gasteiger partial charge in [-0.15, -0.1) is 0 Å². The van der Waals surface area contributed by atoms with E-state index in [1.165, 1.54) is 12.8 Å². The Kier molecular flexibility index (Phi) is 6.27. The van der Waals surface area contributed by atoms with Crippen LogP contribution in [0.4, 0.5) is 5.82 Å². The molecule has 1 atom stereocenters. The summed E-state index contributed by atoms with van der Waals surface area (Å²) in [4.78, 5) is 7.08. The molecule has 1 aliphatic rings. The zero-order valence-corrected chi connectivity index (χ0v) is 14.0. The molecule has 1 heterocycles. The molecule has 1 unspecified atom stereocenters. The molecule has 4 nitrogen and oxygen atoms in total. The highest BCUT2D eigenvalue weighted by atomic mass is 35.5. The van der Waals surface area contributed by atoms with Crippen molar-refractivity contribution in [3.05, 3.63) is 22.8 Å². The molecule has 0 spiro atoms. The van der Waals surface area contributed by atoms with Crippen molar-refractivity contribution >= 4 is 17.4 Å². The maximum Gasteiger partial charge on any atom is 0.126 e. The van der Waals surface area contributed by atoms with Crippen LogP contribution in [0.15, 0.2) is 12.1 Å². The Hall–Kier alpha value is -0.840. The average Bonchev–Trinajstić information content (AvgIpc) is 3.31. The highest BCUT2D eigenvalue weighted by Gasteiger charge is 2.32. The van der Waals surface area contributed by atoms with E-state index in [1.807, 2.05) is 12.1 Å². The summed E-state index contributed by atoms with van der Waals surface area (Å²) in [5, 5.41) is 3.98. The van der Waals surface area contributed by atoms with E-state index in [0.717, 1.165) is 48.7 Å². The predicted molar refractivity (Wildman–Crippen MR) is 87.9 cm³/mol. The second kappa shape index (κ2) is 7.97. The third-order valence-corrected chi connectivity index (χ3v) is 4.44. The topological polar surface area (TPSA) is 37.4 Å². The van der Waals surface area contributed by atoms with E-state index in [0.29, 0.717) is 6.04 Å². The molecule has 0 aromatic carbocycles. The van der Waals surface area contributed by atoms with Crippen LogP contribution in [0.1, 0.15) is 32.4 Å². The van der Waals surface area contributed by atoms with Gasteiger partial charge in [0.25, 0.3) is 0 Å². The van der Waals surface area contributed by atoms with Gasteiger partial charge in [-0.25, -0.2) is 4.98 Å². The van der Waals surface area contributed by atoms with Crippen LogP contribution < -0.4 is 5.32 Å². The van der Waals surface area contributed by atoms with Crippen LogP contribution in [0.2, 0.25) is 5.02 Å². The molecule has 1 aromatic rings. The number of aromatic nitrogens is 1.